The van der Waals surface area contributed by atoms with Crippen LogP contribution in [0.4, 0.5) is 0 Å². The molecular formula is C24H30N2O4. The zero-order valence-corrected chi connectivity index (χ0v) is 17.8. The monoisotopic (exact) mass is 410 g/mol. The number of nitrogens with zero attached hydrogens (tertiary/aromatic N) is 1. The van der Waals surface area contributed by atoms with Crippen molar-refractivity contribution < 1.29 is 19.1 Å². The van der Waals surface area contributed by atoms with Crippen LogP contribution in [-0.2, 0) is 25.5 Å². The van der Waals surface area contributed by atoms with Gasteiger partial charge < -0.3 is 15.0 Å². The first-order valence-corrected chi connectivity index (χ1v) is 10.8. The van der Waals surface area contributed by atoms with Gasteiger partial charge in [0.1, 0.15) is 5.60 Å². The van der Waals surface area contributed by atoms with Gasteiger partial charge in [-0.3, -0.25) is 14.4 Å². The first-order chi connectivity index (χ1) is 14.3. The third-order valence-electron chi connectivity index (χ3n) is 6.60. The van der Waals surface area contributed by atoms with E-state index in [4.69, 9.17) is 4.74 Å². The Labute approximate surface area is 177 Å². The number of amides is 2. The molecule has 1 spiro atoms. The molecule has 1 aromatic carbocycles. The minimum Gasteiger partial charge on any atom is -0.481 e. The molecule has 0 unspecified atom stereocenters. The van der Waals surface area contributed by atoms with Gasteiger partial charge in [0.2, 0.25) is 5.91 Å². The van der Waals surface area contributed by atoms with Gasteiger partial charge in [-0.15, -0.1) is 0 Å². The lowest BCUT2D eigenvalue weighted by Crippen LogP contribution is -2.44. The third kappa shape index (κ3) is 4.42. The fourth-order valence-electron chi connectivity index (χ4n) is 4.77. The number of hydrogen-bond donors (Lipinski definition) is 1. The van der Waals surface area contributed by atoms with Crippen LogP contribution in [0.15, 0.2) is 42.2 Å². The highest BCUT2D eigenvalue weighted by molar-refractivity contribution is 6.01. The van der Waals surface area contributed by atoms with Crippen LogP contribution in [0, 0.1) is 11.3 Å². The second-order valence-corrected chi connectivity index (χ2v) is 9.45. The number of benzene rings is 1. The van der Waals surface area contributed by atoms with Crippen molar-refractivity contribution in [1.29, 1.82) is 0 Å². The summed E-state index contributed by atoms with van der Waals surface area (Å²) in [5.74, 6) is 0.0544. The summed E-state index contributed by atoms with van der Waals surface area (Å²) in [6.45, 7) is 5.49. The summed E-state index contributed by atoms with van der Waals surface area (Å²) < 4.78 is 5.75. The first-order valence-electron chi connectivity index (χ1n) is 10.8. The minimum atomic E-state index is -0.646. The number of allylic oxidation sites excluding steroid dienone is 1. The largest absolute Gasteiger partial charge is 0.481 e. The van der Waals surface area contributed by atoms with Crippen LogP contribution in [-0.4, -0.2) is 47.7 Å². The van der Waals surface area contributed by atoms with Gasteiger partial charge in [-0.1, -0.05) is 30.3 Å². The molecular weight excluding hydrogens is 380 g/mol. The summed E-state index contributed by atoms with van der Waals surface area (Å²) in [5.41, 5.74) is 0.605. The van der Waals surface area contributed by atoms with Gasteiger partial charge in [0.15, 0.2) is 11.5 Å². The molecule has 1 saturated heterocycles. The van der Waals surface area contributed by atoms with Crippen molar-refractivity contribution >= 4 is 17.6 Å². The Bertz CT molecular complexity index is 866. The number of ether oxygens (including phenoxy) is 1. The molecule has 4 rings (SSSR count). The molecule has 2 amide bonds. The number of nitrogens with one attached hydrogen (secondary N) is 1. The van der Waals surface area contributed by atoms with Crippen LogP contribution in [0.5, 0.6) is 0 Å². The fourth-order valence-corrected chi connectivity index (χ4v) is 4.77. The molecule has 0 aromatic heterocycles. The van der Waals surface area contributed by atoms with Crippen LogP contribution in [0.3, 0.4) is 0 Å². The number of likely N-dealkylation sites (tertiary alicyclic amines) is 1. The Morgan fingerprint density at radius 3 is 2.53 bits per heavy atom. The number of ketones is 1. The van der Waals surface area contributed by atoms with Crippen LogP contribution < -0.4 is 5.32 Å². The van der Waals surface area contributed by atoms with Gasteiger partial charge in [0.05, 0.1) is 0 Å². The van der Waals surface area contributed by atoms with Gasteiger partial charge in [-0.05, 0) is 50.5 Å². The lowest BCUT2D eigenvalue weighted by molar-refractivity contribution is -0.139. The minimum absolute atomic E-state index is 0.0322. The second kappa shape index (κ2) is 7.89. The molecule has 6 heteroatoms. The van der Waals surface area contributed by atoms with Gasteiger partial charge in [-0.2, -0.15) is 0 Å². The summed E-state index contributed by atoms with van der Waals surface area (Å²) in [4.78, 5) is 39.1. The van der Waals surface area contributed by atoms with Crippen LogP contribution in [0.25, 0.3) is 0 Å². The maximum absolute atomic E-state index is 12.8. The van der Waals surface area contributed by atoms with Gasteiger partial charge in [-0.25, -0.2) is 0 Å². The van der Waals surface area contributed by atoms with Crippen LogP contribution in [0.2, 0.25) is 0 Å². The Morgan fingerprint density at radius 2 is 1.87 bits per heavy atom. The van der Waals surface area contributed by atoms with E-state index in [1.807, 2.05) is 32.0 Å². The lowest BCUT2D eigenvalue weighted by Gasteiger charge is -2.36. The molecule has 1 aliphatic carbocycles. The quantitative estimate of drug-likeness (QED) is 0.810. The van der Waals surface area contributed by atoms with Crippen LogP contribution in [0.1, 0.15) is 45.1 Å². The Balaban J connectivity index is 1.25. The molecule has 1 atom stereocenters. The maximum atomic E-state index is 12.8. The zero-order chi connectivity index (χ0) is 21.4. The van der Waals surface area contributed by atoms with E-state index in [1.54, 1.807) is 4.90 Å². The molecule has 160 valence electrons. The fraction of sp³-hybridized carbons (Fsp3) is 0.542. The molecule has 30 heavy (non-hydrogen) atoms. The van der Waals surface area contributed by atoms with Crippen molar-refractivity contribution in [3.63, 3.8) is 0 Å². The molecule has 0 radical (unpaired) electrons. The molecule has 1 aromatic rings. The van der Waals surface area contributed by atoms with Crippen molar-refractivity contribution in [2.45, 2.75) is 51.6 Å². The highest BCUT2D eigenvalue weighted by Crippen LogP contribution is 2.59. The zero-order valence-electron chi connectivity index (χ0n) is 17.8. The summed E-state index contributed by atoms with van der Waals surface area (Å²) in [7, 11) is 0. The molecule has 2 fully saturated rings. The topological polar surface area (TPSA) is 75.7 Å². The van der Waals surface area contributed by atoms with Crippen molar-refractivity contribution in [1.82, 2.24) is 10.2 Å². The molecule has 1 saturated carbocycles. The Hall–Kier alpha value is -2.63. The first kappa shape index (κ1) is 20.6. The number of carbonyl (C=O) groups excluding carboxylic acids is 3. The van der Waals surface area contributed by atoms with Crippen LogP contribution >= 0.6 is 0 Å². The van der Waals surface area contributed by atoms with Crippen molar-refractivity contribution in [3.05, 3.63) is 47.7 Å². The van der Waals surface area contributed by atoms with E-state index >= 15 is 0 Å². The van der Waals surface area contributed by atoms with E-state index in [-0.39, 0.29) is 41.1 Å². The second-order valence-electron chi connectivity index (χ2n) is 9.45. The number of rotatable bonds is 5. The van der Waals surface area contributed by atoms with E-state index in [1.165, 1.54) is 11.6 Å². The third-order valence-corrected chi connectivity index (χ3v) is 6.60. The van der Waals surface area contributed by atoms with Crippen molar-refractivity contribution in [2.75, 3.05) is 19.6 Å². The SMILES string of the molecule is CC1(C)CC(=O)C=C(C(=O)N2CCC3(CC2)C[C@@H]3C(=O)NCCc2ccccc2)O1. The van der Waals surface area contributed by atoms with Gasteiger partial charge in [0.25, 0.3) is 5.91 Å². The van der Waals surface area contributed by atoms with E-state index in [2.05, 4.69) is 17.4 Å². The van der Waals surface area contributed by atoms with E-state index < -0.39 is 5.60 Å². The summed E-state index contributed by atoms with van der Waals surface area (Å²) in [6.07, 6.45) is 4.99. The summed E-state index contributed by atoms with van der Waals surface area (Å²) in [6, 6.07) is 10.1. The van der Waals surface area contributed by atoms with E-state index in [0.29, 0.717) is 19.6 Å². The predicted octanol–water partition coefficient (Wildman–Crippen LogP) is 2.63. The van der Waals surface area contributed by atoms with Gasteiger partial charge >= 0.3 is 0 Å². The highest BCUT2D eigenvalue weighted by Gasteiger charge is 2.58. The molecule has 0 bridgehead atoms. The Kier molecular flexibility index (Phi) is 5.43. The normalized spacial score (nSPS) is 24.1. The average Bonchev–Trinajstić information content (AvgIpc) is 3.40. The molecule has 6 nitrogen and oxygen atoms in total. The van der Waals surface area contributed by atoms with Crippen molar-refractivity contribution in [2.24, 2.45) is 11.3 Å². The number of hydrogen-bond acceptors (Lipinski definition) is 4. The Morgan fingerprint density at radius 1 is 1.17 bits per heavy atom. The number of carbonyl (C=O) groups is 3. The maximum Gasteiger partial charge on any atom is 0.289 e. The lowest BCUT2D eigenvalue weighted by atomic mass is 9.90. The molecule has 1 N–H and O–H groups in total. The van der Waals surface area contributed by atoms with E-state index in [0.717, 1.165) is 25.7 Å². The molecule has 3 aliphatic rings. The predicted molar refractivity (Wildman–Crippen MR) is 112 cm³/mol. The summed E-state index contributed by atoms with van der Waals surface area (Å²) in [5, 5.41) is 3.08. The number of piperidine rings is 1. The highest BCUT2D eigenvalue weighted by atomic mass is 16.5. The standard InChI is InChI=1S/C24H30N2O4/c1-23(2)15-18(27)14-20(30-23)22(29)26-12-9-24(10-13-26)16-19(24)21(28)25-11-8-17-6-4-3-5-7-17/h3-7,14,19H,8-13,15-16H2,1-2H3,(H,25,28)/t19-/m1/s1. The van der Waals surface area contributed by atoms with E-state index in [9.17, 15) is 14.4 Å². The summed E-state index contributed by atoms with van der Waals surface area (Å²) >= 11 is 0. The molecule has 2 aliphatic heterocycles. The smallest absolute Gasteiger partial charge is 0.289 e. The molecule has 2 heterocycles. The average molecular weight is 411 g/mol. The van der Waals surface area contributed by atoms with Crippen molar-refractivity contribution in [3.8, 4) is 0 Å². The van der Waals surface area contributed by atoms with Gasteiger partial charge in [0, 0.05) is 38.0 Å².